The van der Waals surface area contributed by atoms with Crippen LogP contribution >= 0.6 is 46.1 Å². The van der Waals surface area contributed by atoms with E-state index in [1.165, 1.54) is 22.7 Å². The standard InChI is InChI=1S/C9H11IS2/c1-6-2-3-7(11-6)8-4-5-9(10)12-8/h3-4,6,9H,2,5H2,1H3. The summed E-state index contributed by atoms with van der Waals surface area (Å²) in [7, 11) is 0. The van der Waals surface area contributed by atoms with Gasteiger partial charge in [-0.2, -0.15) is 0 Å². The Morgan fingerprint density at radius 3 is 2.42 bits per heavy atom. The Bertz CT molecular complexity index is 219. The minimum absolute atomic E-state index is 0.773. The number of halogens is 1. The lowest BCUT2D eigenvalue weighted by Gasteiger charge is -2.04. The molecule has 2 heterocycles. The van der Waals surface area contributed by atoms with Gasteiger partial charge < -0.3 is 0 Å². The second kappa shape index (κ2) is 3.96. The predicted octanol–water partition coefficient (Wildman–Crippen LogP) is 4.18. The lowest BCUT2D eigenvalue weighted by molar-refractivity contribution is 1.00. The second-order valence-electron chi connectivity index (χ2n) is 3.06. The van der Waals surface area contributed by atoms with Crippen molar-refractivity contribution >= 4 is 46.1 Å². The number of alkyl halides is 1. The molecule has 0 radical (unpaired) electrons. The first-order chi connectivity index (χ1) is 5.75. The van der Waals surface area contributed by atoms with E-state index in [2.05, 4.69) is 41.7 Å². The molecule has 12 heavy (non-hydrogen) atoms. The van der Waals surface area contributed by atoms with Crippen molar-refractivity contribution in [2.45, 2.75) is 28.3 Å². The van der Waals surface area contributed by atoms with Gasteiger partial charge in [0.2, 0.25) is 0 Å². The molecule has 0 spiro atoms. The quantitative estimate of drug-likeness (QED) is 0.526. The number of hydrogen-bond donors (Lipinski definition) is 0. The highest BCUT2D eigenvalue weighted by Gasteiger charge is 2.22. The van der Waals surface area contributed by atoms with Gasteiger partial charge in [0.15, 0.2) is 0 Å². The van der Waals surface area contributed by atoms with Crippen LogP contribution in [0.4, 0.5) is 0 Å². The summed E-state index contributed by atoms with van der Waals surface area (Å²) in [5.41, 5.74) is 0. The molecule has 66 valence electrons. The molecule has 0 amide bonds. The van der Waals surface area contributed by atoms with E-state index in [0.717, 1.165) is 8.51 Å². The first-order valence-corrected chi connectivity index (χ1v) is 7.14. The zero-order chi connectivity index (χ0) is 8.55. The van der Waals surface area contributed by atoms with Crippen molar-refractivity contribution < 1.29 is 0 Å². The van der Waals surface area contributed by atoms with Crippen LogP contribution in [0.3, 0.4) is 0 Å². The van der Waals surface area contributed by atoms with Crippen molar-refractivity contribution in [1.29, 1.82) is 0 Å². The summed E-state index contributed by atoms with van der Waals surface area (Å²) in [6.45, 7) is 2.30. The van der Waals surface area contributed by atoms with Crippen LogP contribution in [0, 0.1) is 0 Å². The van der Waals surface area contributed by atoms with Gasteiger partial charge in [-0.3, -0.25) is 0 Å². The second-order valence-corrected chi connectivity index (χ2v) is 8.14. The summed E-state index contributed by atoms with van der Waals surface area (Å²) < 4.78 is 0.773. The van der Waals surface area contributed by atoms with Gasteiger partial charge in [0.1, 0.15) is 0 Å². The molecule has 0 nitrogen and oxygen atoms in total. The van der Waals surface area contributed by atoms with Gasteiger partial charge in [0.05, 0.1) is 3.26 Å². The Morgan fingerprint density at radius 2 is 1.92 bits per heavy atom. The third kappa shape index (κ3) is 2.04. The van der Waals surface area contributed by atoms with Gasteiger partial charge in [-0.25, -0.2) is 0 Å². The summed E-state index contributed by atoms with van der Waals surface area (Å²) in [6, 6.07) is 0. The molecule has 0 fully saturated rings. The Kier molecular flexibility index (Phi) is 3.13. The van der Waals surface area contributed by atoms with E-state index in [1.54, 1.807) is 0 Å². The molecule has 0 bridgehead atoms. The van der Waals surface area contributed by atoms with Crippen molar-refractivity contribution in [3.05, 3.63) is 22.0 Å². The molecule has 0 N–H and O–H groups in total. The third-order valence-corrected chi connectivity index (χ3v) is 5.67. The lowest BCUT2D eigenvalue weighted by atomic mass is 10.3. The molecule has 0 aliphatic carbocycles. The minimum atomic E-state index is 0.773. The highest BCUT2D eigenvalue weighted by molar-refractivity contribution is 14.1. The maximum Gasteiger partial charge on any atom is 0.0646 e. The molecule has 0 saturated heterocycles. The van der Waals surface area contributed by atoms with Gasteiger partial charge >= 0.3 is 0 Å². The topological polar surface area (TPSA) is 0 Å². The van der Waals surface area contributed by atoms with Crippen LogP contribution in [0.1, 0.15) is 19.8 Å². The van der Waals surface area contributed by atoms with Crippen LogP contribution in [0.2, 0.25) is 0 Å². The Balaban J connectivity index is 2.02. The molecular weight excluding hydrogens is 299 g/mol. The fourth-order valence-electron chi connectivity index (χ4n) is 1.34. The molecule has 0 aromatic rings. The Hall–Kier alpha value is 0.910. The summed E-state index contributed by atoms with van der Waals surface area (Å²) in [4.78, 5) is 3.07. The van der Waals surface area contributed by atoms with Gasteiger partial charge in [0.25, 0.3) is 0 Å². The zero-order valence-corrected chi connectivity index (χ0v) is 10.7. The van der Waals surface area contributed by atoms with Crippen molar-refractivity contribution in [2.75, 3.05) is 0 Å². The van der Waals surface area contributed by atoms with E-state index in [9.17, 15) is 0 Å². The summed E-state index contributed by atoms with van der Waals surface area (Å²) in [5, 5.41) is 0.801. The van der Waals surface area contributed by atoms with Crippen LogP contribution in [0.5, 0.6) is 0 Å². The van der Waals surface area contributed by atoms with E-state index >= 15 is 0 Å². The van der Waals surface area contributed by atoms with Crippen LogP contribution in [-0.4, -0.2) is 8.51 Å². The van der Waals surface area contributed by atoms with Crippen LogP contribution in [0.25, 0.3) is 0 Å². The number of hydrogen-bond acceptors (Lipinski definition) is 2. The highest BCUT2D eigenvalue weighted by Crippen LogP contribution is 2.47. The zero-order valence-electron chi connectivity index (χ0n) is 6.92. The van der Waals surface area contributed by atoms with Gasteiger partial charge in [-0.1, -0.05) is 41.7 Å². The van der Waals surface area contributed by atoms with Crippen LogP contribution in [-0.2, 0) is 0 Å². The average molecular weight is 310 g/mol. The first kappa shape index (κ1) is 9.46. The molecule has 2 rings (SSSR count). The van der Waals surface area contributed by atoms with E-state index in [0.29, 0.717) is 0 Å². The maximum absolute atomic E-state index is 2.51. The summed E-state index contributed by atoms with van der Waals surface area (Å²) >= 11 is 6.57. The smallest absolute Gasteiger partial charge is 0.0646 e. The Labute approximate surface area is 95.8 Å². The van der Waals surface area contributed by atoms with E-state index in [-0.39, 0.29) is 0 Å². The molecule has 0 saturated carbocycles. The molecule has 2 aliphatic rings. The normalized spacial score (nSPS) is 35.2. The SMILES string of the molecule is CC1CC=C(C2=CCC(I)S2)S1. The minimum Gasteiger partial charge on any atom is -0.122 e. The molecule has 2 unspecified atom stereocenters. The van der Waals surface area contributed by atoms with Crippen molar-refractivity contribution in [2.24, 2.45) is 0 Å². The maximum atomic E-state index is 2.51. The Morgan fingerprint density at radius 1 is 1.25 bits per heavy atom. The highest BCUT2D eigenvalue weighted by atomic mass is 127. The fourth-order valence-corrected chi connectivity index (χ4v) is 4.58. The number of thioether (sulfide) groups is 2. The molecule has 2 aliphatic heterocycles. The van der Waals surface area contributed by atoms with Gasteiger partial charge in [-0.05, 0) is 12.8 Å². The molecular formula is C9H11IS2. The number of rotatable bonds is 1. The number of allylic oxidation sites excluding steroid dienone is 2. The third-order valence-electron chi connectivity index (χ3n) is 1.95. The molecule has 0 aromatic heterocycles. The first-order valence-electron chi connectivity index (χ1n) is 4.14. The van der Waals surface area contributed by atoms with Crippen LogP contribution in [0.15, 0.2) is 22.0 Å². The van der Waals surface area contributed by atoms with E-state index < -0.39 is 0 Å². The summed E-state index contributed by atoms with van der Waals surface area (Å²) in [6.07, 6.45) is 7.28. The van der Waals surface area contributed by atoms with Crippen LogP contribution < -0.4 is 0 Å². The van der Waals surface area contributed by atoms with Gasteiger partial charge in [0, 0.05) is 15.1 Å². The average Bonchev–Trinajstić information content (AvgIpc) is 2.58. The van der Waals surface area contributed by atoms with Crippen molar-refractivity contribution in [1.82, 2.24) is 0 Å². The molecule has 2 atom stereocenters. The molecule has 3 heteroatoms. The monoisotopic (exact) mass is 310 g/mol. The summed E-state index contributed by atoms with van der Waals surface area (Å²) in [5.74, 6) is 0. The van der Waals surface area contributed by atoms with E-state index in [1.807, 2.05) is 23.5 Å². The van der Waals surface area contributed by atoms with Crippen molar-refractivity contribution in [3.63, 3.8) is 0 Å². The van der Waals surface area contributed by atoms with Crippen molar-refractivity contribution in [3.8, 4) is 0 Å². The molecule has 0 aromatic carbocycles. The van der Waals surface area contributed by atoms with Gasteiger partial charge in [-0.15, -0.1) is 23.5 Å². The fraction of sp³-hybridized carbons (Fsp3) is 0.556. The van der Waals surface area contributed by atoms with E-state index in [4.69, 9.17) is 0 Å². The largest absolute Gasteiger partial charge is 0.122 e. The lowest BCUT2D eigenvalue weighted by Crippen LogP contribution is -1.85. The predicted molar refractivity (Wildman–Crippen MR) is 67.9 cm³/mol.